The molecule has 3 heterocycles. The van der Waals surface area contributed by atoms with Crippen molar-refractivity contribution in [3.63, 3.8) is 0 Å². The Hall–Kier alpha value is -2.13. The first kappa shape index (κ1) is 14.5. The van der Waals surface area contributed by atoms with E-state index in [1.807, 2.05) is 6.33 Å². The van der Waals surface area contributed by atoms with E-state index in [9.17, 15) is 0 Å². The molecular formula is C16H17ClN6. The standard InChI is InChI=1S/C16H17ClN6/c17-14-6-11(7-18)8-19-16(14)22-5-1-2-12(9-22)15-21-20-10-23(15)13-3-4-13/h6,8,10,12-13H,1-5,9H2/t12-/m1/s1. The first-order valence-corrected chi connectivity index (χ1v) is 8.34. The van der Waals surface area contributed by atoms with E-state index < -0.39 is 0 Å². The molecule has 0 amide bonds. The summed E-state index contributed by atoms with van der Waals surface area (Å²) in [6.07, 6.45) is 8.07. The van der Waals surface area contributed by atoms with Gasteiger partial charge in [-0.1, -0.05) is 11.6 Å². The first-order valence-electron chi connectivity index (χ1n) is 7.96. The Morgan fingerprint density at radius 2 is 2.17 bits per heavy atom. The summed E-state index contributed by atoms with van der Waals surface area (Å²) in [5, 5.41) is 18.0. The van der Waals surface area contributed by atoms with Crippen molar-refractivity contribution in [1.29, 1.82) is 5.26 Å². The van der Waals surface area contributed by atoms with Gasteiger partial charge in [-0.15, -0.1) is 10.2 Å². The van der Waals surface area contributed by atoms with Crippen LogP contribution in [-0.2, 0) is 0 Å². The van der Waals surface area contributed by atoms with Gasteiger partial charge in [0.15, 0.2) is 0 Å². The first-order chi connectivity index (χ1) is 11.3. The molecule has 0 aromatic carbocycles. The summed E-state index contributed by atoms with van der Waals surface area (Å²) in [7, 11) is 0. The highest BCUT2D eigenvalue weighted by Gasteiger charge is 2.32. The minimum atomic E-state index is 0.348. The summed E-state index contributed by atoms with van der Waals surface area (Å²) in [4.78, 5) is 6.59. The molecule has 1 aliphatic carbocycles. The van der Waals surface area contributed by atoms with Gasteiger partial charge in [0.2, 0.25) is 0 Å². The van der Waals surface area contributed by atoms with E-state index in [0.29, 0.717) is 22.5 Å². The number of rotatable bonds is 3. The van der Waals surface area contributed by atoms with Gasteiger partial charge in [0.1, 0.15) is 24.0 Å². The third-order valence-electron chi connectivity index (χ3n) is 4.58. The minimum Gasteiger partial charge on any atom is -0.355 e. The fraction of sp³-hybridized carbons (Fsp3) is 0.500. The summed E-state index contributed by atoms with van der Waals surface area (Å²) in [6.45, 7) is 1.76. The third kappa shape index (κ3) is 2.77. The third-order valence-corrected chi connectivity index (χ3v) is 4.86. The van der Waals surface area contributed by atoms with Crippen molar-refractivity contribution >= 4 is 17.4 Å². The van der Waals surface area contributed by atoms with E-state index in [-0.39, 0.29) is 0 Å². The SMILES string of the molecule is N#Cc1cnc(N2CCC[C@@H](c3nncn3C3CC3)C2)c(Cl)c1. The quantitative estimate of drug-likeness (QED) is 0.866. The molecule has 118 valence electrons. The van der Waals surface area contributed by atoms with E-state index in [1.165, 1.54) is 12.8 Å². The number of anilines is 1. The molecule has 7 heteroatoms. The van der Waals surface area contributed by atoms with Crippen molar-refractivity contribution in [3.8, 4) is 6.07 Å². The zero-order chi connectivity index (χ0) is 15.8. The average Bonchev–Trinajstić information content (AvgIpc) is 3.31. The summed E-state index contributed by atoms with van der Waals surface area (Å²) < 4.78 is 2.24. The van der Waals surface area contributed by atoms with Crippen LogP contribution in [-0.4, -0.2) is 32.8 Å². The lowest BCUT2D eigenvalue weighted by Crippen LogP contribution is -2.36. The molecule has 1 aliphatic heterocycles. The van der Waals surface area contributed by atoms with Gasteiger partial charge in [-0.25, -0.2) is 4.98 Å². The molecule has 0 N–H and O–H groups in total. The van der Waals surface area contributed by atoms with Crippen molar-refractivity contribution in [2.45, 2.75) is 37.6 Å². The highest BCUT2D eigenvalue weighted by atomic mass is 35.5. The lowest BCUT2D eigenvalue weighted by atomic mass is 9.97. The van der Waals surface area contributed by atoms with Gasteiger partial charge in [0.25, 0.3) is 0 Å². The second-order valence-electron chi connectivity index (χ2n) is 6.25. The maximum atomic E-state index is 8.94. The number of hydrogen-bond acceptors (Lipinski definition) is 5. The van der Waals surface area contributed by atoms with Crippen molar-refractivity contribution in [1.82, 2.24) is 19.7 Å². The molecule has 2 fully saturated rings. The maximum Gasteiger partial charge on any atom is 0.147 e. The van der Waals surface area contributed by atoms with Gasteiger partial charge in [0.05, 0.1) is 10.6 Å². The van der Waals surface area contributed by atoms with Crippen LogP contribution in [0.2, 0.25) is 5.02 Å². The smallest absolute Gasteiger partial charge is 0.147 e. The van der Waals surface area contributed by atoms with Crippen LogP contribution in [0.25, 0.3) is 0 Å². The largest absolute Gasteiger partial charge is 0.355 e. The highest BCUT2D eigenvalue weighted by molar-refractivity contribution is 6.33. The van der Waals surface area contributed by atoms with Crippen LogP contribution in [0, 0.1) is 11.3 Å². The predicted octanol–water partition coefficient (Wildman–Crippen LogP) is 2.92. The van der Waals surface area contributed by atoms with Crippen molar-refractivity contribution < 1.29 is 0 Å². The van der Waals surface area contributed by atoms with Crippen LogP contribution >= 0.6 is 11.6 Å². The van der Waals surface area contributed by atoms with Gasteiger partial charge in [-0.05, 0) is 31.7 Å². The molecule has 2 aromatic heterocycles. The second-order valence-corrected chi connectivity index (χ2v) is 6.66. The zero-order valence-electron chi connectivity index (χ0n) is 12.7. The number of aromatic nitrogens is 4. The summed E-state index contributed by atoms with van der Waals surface area (Å²) in [5.74, 6) is 2.19. The molecular weight excluding hydrogens is 312 g/mol. The molecule has 1 saturated heterocycles. The Bertz CT molecular complexity index is 760. The van der Waals surface area contributed by atoms with Gasteiger partial charge >= 0.3 is 0 Å². The van der Waals surface area contributed by atoms with E-state index in [0.717, 1.165) is 37.6 Å². The highest BCUT2D eigenvalue weighted by Crippen LogP contribution is 2.38. The number of halogens is 1. The van der Waals surface area contributed by atoms with E-state index >= 15 is 0 Å². The van der Waals surface area contributed by atoms with Crippen LogP contribution in [0.1, 0.15) is 49.0 Å². The van der Waals surface area contributed by atoms with E-state index in [2.05, 4.69) is 30.7 Å². The molecule has 4 rings (SSSR count). The Balaban J connectivity index is 1.57. The van der Waals surface area contributed by atoms with Gasteiger partial charge in [-0.2, -0.15) is 5.26 Å². The number of pyridine rings is 1. The number of nitriles is 1. The molecule has 1 saturated carbocycles. The Kier molecular flexibility index (Phi) is 3.66. The van der Waals surface area contributed by atoms with Crippen LogP contribution in [0.5, 0.6) is 0 Å². The fourth-order valence-electron chi connectivity index (χ4n) is 3.28. The molecule has 6 nitrogen and oxygen atoms in total. The van der Waals surface area contributed by atoms with Crippen LogP contribution in [0.4, 0.5) is 5.82 Å². The Morgan fingerprint density at radius 3 is 2.91 bits per heavy atom. The van der Waals surface area contributed by atoms with Gasteiger partial charge in [-0.3, -0.25) is 0 Å². The molecule has 1 atom stereocenters. The van der Waals surface area contributed by atoms with Gasteiger partial charge in [0, 0.05) is 31.2 Å². The van der Waals surface area contributed by atoms with Crippen LogP contribution in [0.15, 0.2) is 18.6 Å². The molecule has 2 aromatic rings. The Labute approximate surface area is 139 Å². The van der Waals surface area contributed by atoms with Gasteiger partial charge < -0.3 is 9.47 Å². The predicted molar refractivity (Wildman–Crippen MR) is 86.4 cm³/mol. The lowest BCUT2D eigenvalue weighted by molar-refractivity contribution is 0.469. The molecule has 23 heavy (non-hydrogen) atoms. The summed E-state index contributed by atoms with van der Waals surface area (Å²) in [6, 6.07) is 4.34. The molecule has 0 unspecified atom stereocenters. The Morgan fingerprint density at radius 1 is 1.30 bits per heavy atom. The lowest BCUT2D eigenvalue weighted by Gasteiger charge is -2.33. The van der Waals surface area contributed by atoms with Crippen LogP contribution < -0.4 is 4.90 Å². The van der Waals surface area contributed by atoms with Crippen molar-refractivity contribution in [2.75, 3.05) is 18.0 Å². The normalized spacial score (nSPS) is 21.2. The van der Waals surface area contributed by atoms with E-state index in [1.54, 1.807) is 12.3 Å². The monoisotopic (exact) mass is 328 g/mol. The van der Waals surface area contributed by atoms with Crippen LogP contribution in [0.3, 0.4) is 0 Å². The molecule has 0 bridgehead atoms. The molecule has 0 radical (unpaired) electrons. The molecule has 2 aliphatic rings. The maximum absolute atomic E-state index is 8.94. The topological polar surface area (TPSA) is 70.6 Å². The van der Waals surface area contributed by atoms with E-state index in [4.69, 9.17) is 16.9 Å². The second kappa shape index (κ2) is 5.82. The summed E-state index contributed by atoms with van der Waals surface area (Å²) in [5.41, 5.74) is 0.487. The summed E-state index contributed by atoms with van der Waals surface area (Å²) >= 11 is 6.32. The zero-order valence-corrected chi connectivity index (χ0v) is 13.4. The fourth-order valence-corrected chi connectivity index (χ4v) is 3.57. The number of piperidine rings is 1. The number of hydrogen-bond donors (Lipinski definition) is 0. The van der Waals surface area contributed by atoms with Crippen molar-refractivity contribution in [2.24, 2.45) is 0 Å². The molecule has 0 spiro atoms. The van der Waals surface area contributed by atoms with Crippen molar-refractivity contribution in [3.05, 3.63) is 35.0 Å². The average molecular weight is 329 g/mol. The minimum absolute atomic E-state index is 0.348. The number of nitrogens with zero attached hydrogens (tertiary/aromatic N) is 6.